The molecule has 0 aromatic carbocycles. The standard InChI is InChI=1S/C16H29NO/c18-16-10-4-3-8-14(16)15-9-5-11-17(15)12-13-6-1-2-7-13/h13-16,18H,1-12H2. The van der Waals surface area contributed by atoms with Crippen LogP contribution in [-0.4, -0.2) is 35.2 Å². The first kappa shape index (κ1) is 12.9. The number of likely N-dealkylation sites (tertiary alicyclic amines) is 1. The highest BCUT2D eigenvalue weighted by molar-refractivity contribution is 4.91. The molecule has 1 saturated heterocycles. The minimum Gasteiger partial charge on any atom is -0.393 e. The van der Waals surface area contributed by atoms with Crippen LogP contribution >= 0.6 is 0 Å². The van der Waals surface area contributed by atoms with Gasteiger partial charge in [-0.25, -0.2) is 0 Å². The molecule has 3 unspecified atom stereocenters. The van der Waals surface area contributed by atoms with Crippen LogP contribution in [0.5, 0.6) is 0 Å². The molecule has 2 aliphatic carbocycles. The van der Waals surface area contributed by atoms with Gasteiger partial charge >= 0.3 is 0 Å². The molecule has 0 bridgehead atoms. The minimum absolute atomic E-state index is 0.00655. The van der Waals surface area contributed by atoms with Gasteiger partial charge in [-0.1, -0.05) is 25.7 Å². The Balaban J connectivity index is 1.59. The van der Waals surface area contributed by atoms with Crippen LogP contribution in [0.1, 0.15) is 64.2 Å². The summed E-state index contributed by atoms with van der Waals surface area (Å²) in [4.78, 5) is 2.75. The van der Waals surface area contributed by atoms with Gasteiger partial charge < -0.3 is 5.11 Å². The second-order valence-electron chi connectivity index (χ2n) is 6.87. The highest BCUT2D eigenvalue weighted by atomic mass is 16.3. The Morgan fingerprint density at radius 3 is 2.33 bits per heavy atom. The highest BCUT2D eigenvalue weighted by Gasteiger charge is 2.37. The summed E-state index contributed by atoms with van der Waals surface area (Å²) in [7, 11) is 0. The van der Waals surface area contributed by atoms with E-state index in [1.54, 1.807) is 0 Å². The van der Waals surface area contributed by atoms with Crippen molar-refractivity contribution < 1.29 is 5.11 Å². The van der Waals surface area contributed by atoms with Gasteiger partial charge in [0.05, 0.1) is 6.10 Å². The molecule has 0 aromatic rings. The molecule has 2 heteroatoms. The third-order valence-electron chi connectivity index (χ3n) is 5.66. The van der Waals surface area contributed by atoms with Crippen LogP contribution in [0.4, 0.5) is 0 Å². The van der Waals surface area contributed by atoms with E-state index in [1.165, 1.54) is 70.9 Å². The predicted octanol–water partition coefficient (Wildman–Crippen LogP) is 3.19. The van der Waals surface area contributed by atoms with Crippen molar-refractivity contribution in [2.45, 2.75) is 76.4 Å². The largest absolute Gasteiger partial charge is 0.393 e. The maximum Gasteiger partial charge on any atom is 0.0583 e. The topological polar surface area (TPSA) is 23.5 Å². The maximum atomic E-state index is 10.3. The first-order valence-corrected chi connectivity index (χ1v) is 8.27. The number of aliphatic hydroxyl groups is 1. The summed E-state index contributed by atoms with van der Waals surface area (Å²) in [5.74, 6) is 1.55. The lowest BCUT2D eigenvalue weighted by atomic mass is 9.80. The van der Waals surface area contributed by atoms with Crippen LogP contribution in [0, 0.1) is 11.8 Å². The Hall–Kier alpha value is -0.0800. The Morgan fingerprint density at radius 2 is 1.56 bits per heavy atom. The Labute approximate surface area is 112 Å². The fraction of sp³-hybridized carbons (Fsp3) is 1.00. The van der Waals surface area contributed by atoms with Gasteiger partial charge in [-0.2, -0.15) is 0 Å². The molecule has 0 spiro atoms. The Morgan fingerprint density at radius 1 is 0.833 bits per heavy atom. The van der Waals surface area contributed by atoms with E-state index in [0.717, 1.165) is 12.3 Å². The van der Waals surface area contributed by atoms with Crippen molar-refractivity contribution in [3.8, 4) is 0 Å². The van der Waals surface area contributed by atoms with Crippen molar-refractivity contribution in [1.29, 1.82) is 0 Å². The number of rotatable bonds is 3. The fourth-order valence-corrected chi connectivity index (χ4v) is 4.68. The molecule has 0 amide bonds. The summed E-state index contributed by atoms with van der Waals surface area (Å²) in [5, 5.41) is 10.3. The third kappa shape index (κ3) is 2.75. The van der Waals surface area contributed by atoms with Crippen molar-refractivity contribution in [3.63, 3.8) is 0 Å². The zero-order chi connectivity index (χ0) is 12.4. The van der Waals surface area contributed by atoms with E-state index in [-0.39, 0.29) is 6.10 Å². The molecule has 104 valence electrons. The van der Waals surface area contributed by atoms with E-state index in [9.17, 15) is 5.11 Å². The molecular formula is C16H29NO. The van der Waals surface area contributed by atoms with E-state index in [0.29, 0.717) is 12.0 Å². The average molecular weight is 251 g/mol. The molecule has 1 heterocycles. The highest BCUT2D eigenvalue weighted by Crippen LogP contribution is 2.36. The number of hydrogen-bond donors (Lipinski definition) is 1. The van der Waals surface area contributed by atoms with Crippen LogP contribution in [0.2, 0.25) is 0 Å². The number of hydrogen-bond acceptors (Lipinski definition) is 2. The summed E-state index contributed by atoms with van der Waals surface area (Å²) < 4.78 is 0. The van der Waals surface area contributed by atoms with Crippen molar-refractivity contribution in [2.24, 2.45) is 11.8 Å². The third-order valence-corrected chi connectivity index (χ3v) is 5.66. The summed E-state index contributed by atoms with van der Waals surface area (Å²) in [6.07, 6.45) is 13.4. The molecule has 1 N–H and O–H groups in total. The lowest BCUT2D eigenvalue weighted by molar-refractivity contribution is 0.0186. The Bertz CT molecular complexity index is 262. The molecule has 3 aliphatic rings. The van der Waals surface area contributed by atoms with Gasteiger partial charge in [0.2, 0.25) is 0 Å². The van der Waals surface area contributed by atoms with Gasteiger partial charge in [-0.3, -0.25) is 4.90 Å². The van der Waals surface area contributed by atoms with E-state index in [2.05, 4.69) is 4.90 Å². The molecule has 2 saturated carbocycles. The molecule has 18 heavy (non-hydrogen) atoms. The van der Waals surface area contributed by atoms with Crippen LogP contribution < -0.4 is 0 Å². The minimum atomic E-state index is -0.00655. The second-order valence-corrected chi connectivity index (χ2v) is 6.87. The van der Waals surface area contributed by atoms with Gasteiger partial charge in [-0.05, 0) is 51.0 Å². The Kier molecular flexibility index (Phi) is 4.25. The van der Waals surface area contributed by atoms with E-state index >= 15 is 0 Å². The molecule has 1 aliphatic heterocycles. The molecule has 0 radical (unpaired) electrons. The molecule has 0 aromatic heterocycles. The van der Waals surface area contributed by atoms with E-state index < -0.39 is 0 Å². The van der Waals surface area contributed by atoms with E-state index in [4.69, 9.17) is 0 Å². The summed E-state index contributed by atoms with van der Waals surface area (Å²) in [5.41, 5.74) is 0. The van der Waals surface area contributed by atoms with Gasteiger partial charge in [-0.15, -0.1) is 0 Å². The molecule has 2 nitrogen and oxygen atoms in total. The predicted molar refractivity (Wildman–Crippen MR) is 74.5 cm³/mol. The van der Waals surface area contributed by atoms with Crippen LogP contribution in [0.3, 0.4) is 0 Å². The van der Waals surface area contributed by atoms with Gasteiger partial charge in [0, 0.05) is 18.5 Å². The molecule has 3 fully saturated rings. The number of nitrogens with zero attached hydrogens (tertiary/aromatic N) is 1. The van der Waals surface area contributed by atoms with Crippen molar-refractivity contribution in [1.82, 2.24) is 4.90 Å². The molecule has 3 atom stereocenters. The van der Waals surface area contributed by atoms with Gasteiger partial charge in [0.25, 0.3) is 0 Å². The summed E-state index contributed by atoms with van der Waals surface area (Å²) >= 11 is 0. The first-order chi connectivity index (χ1) is 8.84. The summed E-state index contributed by atoms with van der Waals surface area (Å²) in [6.45, 7) is 2.62. The maximum absolute atomic E-state index is 10.3. The average Bonchev–Trinajstić information content (AvgIpc) is 3.02. The quantitative estimate of drug-likeness (QED) is 0.832. The molecule has 3 rings (SSSR count). The van der Waals surface area contributed by atoms with Crippen molar-refractivity contribution in [3.05, 3.63) is 0 Å². The number of aliphatic hydroxyl groups excluding tert-OH is 1. The van der Waals surface area contributed by atoms with Crippen LogP contribution in [-0.2, 0) is 0 Å². The zero-order valence-electron chi connectivity index (χ0n) is 11.7. The second kappa shape index (κ2) is 5.92. The van der Waals surface area contributed by atoms with Crippen LogP contribution in [0.15, 0.2) is 0 Å². The fourth-order valence-electron chi connectivity index (χ4n) is 4.68. The summed E-state index contributed by atoms with van der Waals surface area (Å²) in [6, 6.07) is 0.709. The van der Waals surface area contributed by atoms with E-state index in [1.807, 2.05) is 0 Å². The monoisotopic (exact) mass is 251 g/mol. The van der Waals surface area contributed by atoms with Gasteiger partial charge in [0.15, 0.2) is 0 Å². The van der Waals surface area contributed by atoms with Crippen molar-refractivity contribution in [2.75, 3.05) is 13.1 Å². The lowest BCUT2D eigenvalue weighted by Gasteiger charge is -2.38. The smallest absolute Gasteiger partial charge is 0.0583 e. The zero-order valence-corrected chi connectivity index (χ0v) is 11.7. The van der Waals surface area contributed by atoms with Crippen LogP contribution in [0.25, 0.3) is 0 Å². The van der Waals surface area contributed by atoms with Crippen molar-refractivity contribution >= 4 is 0 Å². The van der Waals surface area contributed by atoms with Gasteiger partial charge in [0.1, 0.15) is 0 Å². The first-order valence-electron chi connectivity index (χ1n) is 8.27. The SMILES string of the molecule is OC1CCCCC1C1CCCN1CC1CCCC1. The lowest BCUT2D eigenvalue weighted by Crippen LogP contribution is -2.44. The molecular weight excluding hydrogens is 222 g/mol. The normalized spacial score (nSPS) is 39.5.